The molecule has 0 bridgehead atoms. The van der Waals surface area contributed by atoms with Crippen molar-refractivity contribution in [2.24, 2.45) is 0 Å². The fourth-order valence-electron chi connectivity index (χ4n) is 1.82. The van der Waals surface area contributed by atoms with Crippen molar-refractivity contribution in [3.05, 3.63) is 28.8 Å². The highest BCUT2D eigenvalue weighted by Crippen LogP contribution is 2.29. The number of rotatable bonds is 4. The number of methoxy groups -OCH3 is 1. The summed E-state index contributed by atoms with van der Waals surface area (Å²) >= 11 is 1.17. The molecule has 0 N–H and O–H groups in total. The van der Waals surface area contributed by atoms with Crippen LogP contribution < -0.4 is 9.04 Å². The van der Waals surface area contributed by atoms with E-state index in [1.807, 2.05) is 6.92 Å². The minimum Gasteiger partial charge on any atom is -0.496 e. The highest BCUT2D eigenvalue weighted by molar-refractivity contribution is 7.93. The highest BCUT2D eigenvalue weighted by Gasteiger charge is 2.26. The number of ether oxygens (including phenoxy) is 1. The van der Waals surface area contributed by atoms with Gasteiger partial charge in [-0.05, 0) is 37.1 Å². The highest BCUT2D eigenvalue weighted by atomic mass is 32.2. The van der Waals surface area contributed by atoms with Gasteiger partial charge >= 0.3 is 0 Å². The van der Waals surface area contributed by atoms with Gasteiger partial charge in [-0.3, -0.25) is 0 Å². The minimum atomic E-state index is -3.65. The van der Waals surface area contributed by atoms with Gasteiger partial charge in [0.05, 0.1) is 12.0 Å². The molecule has 0 radical (unpaired) electrons. The van der Waals surface area contributed by atoms with E-state index in [0.29, 0.717) is 16.4 Å². The summed E-state index contributed by atoms with van der Waals surface area (Å²) in [6.45, 7) is 3.55. The molecule has 20 heavy (non-hydrogen) atoms. The predicted molar refractivity (Wildman–Crippen MR) is 78.0 cm³/mol. The standard InChI is InChI=1S/C12H15N3O3S2/c1-8-6-11(9(2)5-10(8)18-4)20(16,17)15(3)12-14-13-7-19-12/h5-7H,1-4H3. The quantitative estimate of drug-likeness (QED) is 0.863. The molecular weight excluding hydrogens is 298 g/mol. The summed E-state index contributed by atoms with van der Waals surface area (Å²) in [6, 6.07) is 3.33. The molecule has 0 aliphatic carbocycles. The van der Waals surface area contributed by atoms with Gasteiger partial charge in [-0.15, -0.1) is 10.2 Å². The van der Waals surface area contributed by atoms with Gasteiger partial charge in [-0.1, -0.05) is 11.3 Å². The maximum atomic E-state index is 12.6. The first-order valence-corrected chi connectivity index (χ1v) is 8.10. The summed E-state index contributed by atoms with van der Waals surface area (Å²) in [5, 5.41) is 7.78. The number of hydrogen-bond acceptors (Lipinski definition) is 6. The molecule has 108 valence electrons. The Hall–Kier alpha value is -1.67. The average molecular weight is 313 g/mol. The third-order valence-corrected chi connectivity index (χ3v) is 5.72. The minimum absolute atomic E-state index is 0.244. The maximum absolute atomic E-state index is 12.6. The van der Waals surface area contributed by atoms with Crippen LogP contribution in [0.1, 0.15) is 11.1 Å². The monoisotopic (exact) mass is 313 g/mol. The Balaban J connectivity index is 2.52. The Kier molecular flexibility index (Phi) is 3.96. The molecule has 0 fully saturated rings. The van der Waals surface area contributed by atoms with E-state index >= 15 is 0 Å². The lowest BCUT2D eigenvalue weighted by atomic mass is 10.1. The van der Waals surface area contributed by atoms with Crippen LogP contribution >= 0.6 is 11.3 Å². The Morgan fingerprint density at radius 1 is 1.25 bits per heavy atom. The van der Waals surface area contributed by atoms with Gasteiger partial charge in [0.15, 0.2) is 0 Å². The Morgan fingerprint density at radius 2 is 1.95 bits per heavy atom. The van der Waals surface area contributed by atoms with Crippen molar-refractivity contribution >= 4 is 26.5 Å². The molecular formula is C12H15N3O3S2. The van der Waals surface area contributed by atoms with Crippen LogP contribution in [0.15, 0.2) is 22.5 Å². The number of hydrogen-bond donors (Lipinski definition) is 0. The van der Waals surface area contributed by atoms with Crippen LogP contribution in [-0.4, -0.2) is 32.8 Å². The van der Waals surface area contributed by atoms with Crippen LogP contribution in [0.4, 0.5) is 5.13 Å². The van der Waals surface area contributed by atoms with Crippen LogP contribution in [-0.2, 0) is 10.0 Å². The topological polar surface area (TPSA) is 72.4 Å². The lowest BCUT2D eigenvalue weighted by Gasteiger charge is -2.18. The fraction of sp³-hybridized carbons (Fsp3) is 0.333. The summed E-state index contributed by atoms with van der Waals surface area (Å²) in [5.41, 5.74) is 2.89. The zero-order chi connectivity index (χ0) is 14.9. The molecule has 0 unspecified atom stereocenters. The fourth-order valence-corrected chi connectivity index (χ4v) is 4.00. The second-order valence-corrected chi connectivity index (χ2v) is 7.03. The average Bonchev–Trinajstić information content (AvgIpc) is 2.93. The lowest BCUT2D eigenvalue weighted by Crippen LogP contribution is -2.27. The van der Waals surface area contributed by atoms with Crippen LogP contribution in [0.3, 0.4) is 0 Å². The maximum Gasteiger partial charge on any atom is 0.266 e. The molecule has 0 aliphatic heterocycles. The number of aromatic nitrogens is 2. The predicted octanol–water partition coefficient (Wildman–Crippen LogP) is 1.99. The second-order valence-electron chi connectivity index (χ2n) is 4.28. The van der Waals surface area contributed by atoms with Gasteiger partial charge in [-0.25, -0.2) is 12.7 Å². The van der Waals surface area contributed by atoms with Gasteiger partial charge in [0, 0.05) is 7.05 Å². The summed E-state index contributed by atoms with van der Waals surface area (Å²) in [4.78, 5) is 0.244. The Morgan fingerprint density at radius 3 is 2.50 bits per heavy atom. The van der Waals surface area contributed by atoms with Crippen LogP contribution in [0.25, 0.3) is 0 Å². The van der Waals surface area contributed by atoms with E-state index in [-0.39, 0.29) is 4.90 Å². The van der Waals surface area contributed by atoms with E-state index in [2.05, 4.69) is 10.2 Å². The van der Waals surface area contributed by atoms with E-state index in [9.17, 15) is 8.42 Å². The van der Waals surface area contributed by atoms with E-state index in [1.165, 1.54) is 23.9 Å². The molecule has 6 nitrogen and oxygen atoms in total. The summed E-state index contributed by atoms with van der Waals surface area (Å²) in [6.07, 6.45) is 0. The smallest absolute Gasteiger partial charge is 0.266 e. The number of aryl methyl sites for hydroxylation is 2. The second kappa shape index (κ2) is 5.37. The third kappa shape index (κ3) is 2.48. The summed E-state index contributed by atoms with van der Waals surface area (Å²) in [7, 11) is -0.628. The molecule has 0 atom stereocenters. The Labute approximate surface area is 122 Å². The van der Waals surface area contributed by atoms with E-state index in [4.69, 9.17) is 4.74 Å². The molecule has 0 aliphatic rings. The molecule has 1 heterocycles. The number of benzene rings is 1. The summed E-state index contributed by atoms with van der Waals surface area (Å²) < 4.78 is 31.6. The van der Waals surface area contributed by atoms with Gasteiger partial charge in [0.2, 0.25) is 5.13 Å². The third-order valence-electron chi connectivity index (χ3n) is 2.95. The largest absolute Gasteiger partial charge is 0.496 e. The molecule has 1 aromatic carbocycles. The molecule has 0 saturated heterocycles. The molecule has 0 saturated carbocycles. The van der Waals surface area contributed by atoms with Crippen LogP contribution in [0.5, 0.6) is 5.75 Å². The SMILES string of the molecule is COc1cc(C)c(S(=O)(=O)N(C)c2nncs2)cc1C. The first-order valence-electron chi connectivity index (χ1n) is 5.78. The first kappa shape index (κ1) is 14.7. The number of nitrogens with zero attached hydrogens (tertiary/aromatic N) is 3. The zero-order valence-electron chi connectivity index (χ0n) is 11.6. The molecule has 0 spiro atoms. The normalized spacial score (nSPS) is 11.4. The number of anilines is 1. The molecule has 2 rings (SSSR count). The van der Waals surface area contributed by atoms with Gasteiger partial charge in [-0.2, -0.15) is 0 Å². The summed E-state index contributed by atoms with van der Waals surface area (Å²) in [5.74, 6) is 0.667. The van der Waals surface area contributed by atoms with E-state index < -0.39 is 10.0 Å². The lowest BCUT2D eigenvalue weighted by molar-refractivity contribution is 0.411. The van der Waals surface area contributed by atoms with Crippen molar-refractivity contribution in [1.29, 1.82) is 0 Å². The van der Waals surface area contributed by atoms with Gasteiger partial charge in [0.1, 0.15) is 11.3 Å². The van der Waals surface area contributed by atoms with E-state index in [1.54, 1.807) is 26.2 Å². The number of sulfonamides is 1. The molecule has 1 aromatic heterocycles. The molecule has 8 heteroatoms. The van der Waals surface area contributed by atoms with Crippen molar-refractivity contribution in [2.75, 3.05) is 18.5 Å². The van der Waals surface area contributed by atoms with Crippen molar-refractivity contribution < 1.29 is 13.2 Å². The van der Waals surface area contributed by atoms with Crippen LogP contribution in [0, 0.1) is 13.8 Å². The van der Waals surface area contributed by atoms with Crippen LogP contribution in [0.2, 0.25) is 0 Å². The van der Waals surface area contributed by atoms with Crippen molar-refractivity contribution in [1.82, 2.24) is 10.2 Å². The Bertz CT molecular complexity index is 712. The van der Waals surface area contributed by atoms with Crippen molar-refractivity contribution in [2.45, 2.75) is 18.7 Å². The molecule has 2 aromatic rings. The zero-order valence-corrected chi connectivity index (χ0v) is 13.2. The first-order chi connectivity index (χ1) is 9.37. The van der Waals surface area contributed by atoms with Crippen molar-refractivity contribution in [3.63, 3.8) is 0 Å². The van der Waals surface area contributed by atoms with Gasteiger partial charge in [0.25, 0.3) is 10.0 Å². The molecule has 0 amide bonds. The van der Waals surface area contributed by atoms with E-state index in [0.717, 1.165) is 9.87 Å². The van der Waals surface area contributed by atoms with Gasteiger partial charge < -0.3 is 4.74 Å². The van der Waals surface area contributed by atoms with Crippen molar-refractivity contribution in [3.8, 4) is 5.75 Å².